The molecule has 0 N–H and O–H groups in total. The van der Waals surface area contributed by atoms with E-state index in [1.165, 1.54) is 4.90 Å². The first-order valence-corrected chi connectivity index (χ1v) is 7.62. The van der Waals surface area contributed by atoms with Gasteiger partial charge in [0.25, 0.3) is 0 Å². The normalized spacial score (nSPS) is 14.1. The molecule has 2 heterocycles. The Hall–Kier alpha value is -3.02. The van der Waals surface area contributed by atoms with Crippen LogP contribution in [-0.2, 0) is 27.5 Å². The van der Waals surface area contributed by atoms with Gasteiger partial charge in [-0.2, -0.15) is 0 Å². The molecule has 0 radical (unpaired) electrons. The molecule has 1 aliphatic heterocycles. The zero-order chi connectivity index (χ0) is 16.9. The zero-order valence-electron chi connectivity index (χ0n) is 13.0. The van der Waals surface area contributed by atoms with E-state index < -0.39 is 5.97 Å². The smallest absolute Gasteiger partial charge is 0.338 e. The van der Waals surface area contributed by atoms with Crippen LogP contribution < -0.4 is 0 Å². The fourth-order valence-electron chi connectivity index (χ4n) is 2.43. The van der Waals surface area contributed by atoms with Crippen LogP contribution in [0.4, 0.5) is 0 Å². The van der Waals surface area contributed by atoms with Gasteiger partial charge in [0.2, 0.25) is 11.8 Å². The number of esters is 1. The van der Waals surface area contributed by atoms with Gasteiger partial charge in [-0.1, -0.05) is 18.2 Å². The number of carbonyl (C=O) groups excluding carboxylic acids is 3. The number of hydrogen-bond donors (Lipinski definition) is 0. The van der Waals surface area contributed by atoms with Crippen LogP contribution in [0.3, 0.4) is 0 Å². The van der Waals surface area contributed by atoms with Gasteiger partial charge in [0, 0.05) is 19.0 Å². The van der Waals surface area contributed by atoms with Crippen LogP contribution in [0, 0.1) is 0 Å². The first-order valence-electron chi connectivity index (χ1n) is 7.62. The highest BCUT2D eigenvalue weighted by atomic mass is 16.5. The number of rotatable bonds is 5. The fourth-order valence-corrected chi connectivity index (χ4v) is 2.43. The molecule has 0 spiro atoms. The molecule has 0 aliphatic carbocycles. The molecule has 2 aromatic rings. The molecule has 2 amide bonds. The van der Waals surface area contributed by atoms with Crippen molar-refractivity contribution >= 4 is 17.8 Å². The van der Waals surface area contributed by atoms with Crippen molar-refractivity contribution in [2.24, 2.45) is 0 Å². The van der Waals surface area contributed by atoms with Gasteiger partial charge in [-0.05, 0) is 29.8 Å². The van der Waals surface area contributed by atoms with Crippen LogP contribution in [0.1, 0.15) is 34.5 Å². The molecule has 1 fully saturated rings. The maximum atomic E-state index is 12.0. The van der Waals surface area contributed by atoms with Gasteiger partial charge in [0.05, 0.1) is 17.8 Å². The van der Waals surface area contributed by atoms with Gasteiger partial charge in [0.1, 0.15) is 6.61 Å². The minimum Gasteiger partial charge on any atom is -0.456 e. The van der Waals surface area contributed by atoms with Gasteiger partial charge in [-0.25, -0.2) is 4.79 Å². The predicted octanol–water partition coefficient (Wildman–Crippen LogP) is 2.09. The Kier molecular flexibility index (Phi) is 4.65. The van der Waals surface area contributed by atoms with Crippen LogP contribution in [-0.4, -0.2) is 27.7 Å². The largest absolute Gasteiger partial charge is 0.456 e. The number of hydrogen-bond acceptors (Lipinski definition) is 5. The summed E-state index contributed by atoms with van der Waals surface area (Å²) in [6, 6.07) is 12.1. The molecular formula is C18H16N2O4. The summed E-state index contributed by atoms with van der Waals surface area (Å²) in [5.41, 5.74) is 1.88. The average molecular weight is 324 g/mol. The number of aromatic nitrogens is 1. The number of imide groups is 1. The monoisotopic (exact) mass is 324 g/mol. The van der Waals surface area contributed by atoms with Gasteiger partial charge >= 0.3 is 5.97 Å². The molecule has 0 unspecified atom stereocenters. The molecule has 122 valence electrons. The Balaban J connectivity index is 1.58. The Labute approximate surface area is 139 Å². The molecule has 1 aromatic carbocycles. The summed E-state index contributed by atoms with van der Waals surface area (Å²) >= 11 is 0. The Morgan fingerprint density at radius 1 is 1.04 bits per heavy atom. The van der Waals surface area contributed by atoms with E-state index in [1.807, 2.05) is 6.07 Å². The summed E-state index contributed by atoms with van der Waals surface area (Å²) in [7, 11) is 0. The summed E-state index contributed by atoms with van der Waals surface area (Å²) in [6.07, 6.45) is 2.19. The van der Waals surface area contributed by atoms with Crippen LogP contribution in [0.5, 0.6) is 0 Å². The third kappa shape index (κ3) is 3.65. The van der Waals surface area contributed by atoms with Crippen LogP contribution >= 0.6 is 0 Å². The SMILES string of the molecule is O=C(OCc1ccccn1)c1ccc(CN2C(=O)CCC2=O)cc1. The zero-order valence-corrected chi connectivity index (χ0v) is 13.0. The average Bonchev–Trinajstić information content (AvgIpc) is 2.93. The van der Waals surface area contributed by atoms with Crippen LogP contribution in [0.2, 0.25) is 0 Å². The van der Waals surface area contributed by atoms with Crippen molar-refractivity contribution in [1.29, 1.82) is 0 Å². The summed E-state index contributed by atoms with van der Waals surface area (Å²) < 4.78 is 5.20. The Morgan fingerprint density at radius 2 is 1.75 bits per heavy atom. The number of benzene rings is 1. The highest BCUT2D eigenvalue weighted by Crippen LogP contribution is 2.16. The van der Waals surface area contributed by atoms with E-state index in [9.17, 15) is 14.4 Å². The van der Waals surface area contributed by atoms with Gasteiger partial charge in [0.15, 0.2) is 0 Å². The van der Waals surface area contributed by atoms with Crippen molar-refractivity contribution in [3.8, 4) is 0 Å². The van der Waals surface area contributed by atoms with Crippen molar-refractivity contribution in [1.82, 2.24) is 9.88 Å². The highest BCUT2D eigenvalue weighted by molar-refractivity contribution is 6.01. The standard InChI is InChI=1S/C18H16N2O4/c21-16-8-9-17(22)20(16)11-13-4-6-14(7-5-13)18(23)24-12-15-3-1-2-10-19-15/h1-7,10H,8-9,11-12H2. The number of likely N-dealkylation sites (tertiary alicyclic amines) is 1. The lowest BCUT2D eigenvalue weighted by Gasteiger charge is -2.13. The molecule has 1 aromatic heterocycles. The fraction of sp³-hybridized carbons (Fsp3) is 0.222. The molecule has 1 aliphatic rings. The lowest BCUT2D eigenvalue weighted by atomic mass is 10.1. The van der Waals surface area contributed by atoms with E-state index in [4.69, 9.17) is 4.74 Å². The molecule has 6 nitrogen and oxygen atoms in total. The lowest BCUT2D eigenvalue weighted by molar-refractivity contribution is -0.139. The van der Waals surface area contributed by atoms with E-state index >= 15 is 0 Å². The van der Waals surface area contributed by atoms with Crippen molar-refractivity contribution in [2.45, 2.75) is 26.0 Å². The number of amides is 2. The first kappa shape index (κ1) is 15.9. The second-order valence-corrected chi connectivity index (χ2v) is 5.47. The van der Waals surface area contributed by atoms with Gasteiger partial charge in [-0.15, -0.1) is 0 Å². The third-order valence-corrected chi connectivity index (χ3v) is 3.76. The molecule has 0 bridgehead atoms. The second-order valence-electron chi connectivity index (χ2n) is 5.47. The topological polar surface area (TPSA) is 76.6 Å². The van der Waals surface area contributed by atoms with Crippen molar-refractivity contribution in [2.75, 3.05) is 0 Å². The molecule has 0 atom stereocenters. The molecule has 24 heavy (non-hydrogen) atoms. The van der Waals surface area contributed by atoms with E-state index in [0.29, 0.717) is 11.3 Å². The molecule has 0 saturated carbocycles. The Bertz CT molecular complexity index is 740. The minimum atomic E-state index is -0.444. The summed E-state index contributed by atoms with van der Waals surface area (Å²) in [5, 5.41) is 0. The minimum absolute atomic E-state index is 0.109. The highest BCUT2D eigenvalue weighted by Gasteiger charge is 2.28. The number of pyridine rings is 1. The predicted molar refractivity (Wildman–Crippen MR) is 84.6 cm³/mol. The van der Waals surface area contributed by atoms with Crippen LogP contribution in [0.15, 0.2) is 48.7 Å². The molecule has 1 saturated heterocycles. The molecule has 3 rings (SSSR count). The van der Waals surface area contributed by atoms with E-state index in [0.717, 1.165) is 5.56 Å². The van der Waals surface area contributed by atoms with Gasteiger partial charge in [-0.3, -0.25) is 19.5 Å². The summed E-state index contributed by atoms with van der Waals surface area (Å²) in [5.74, 6) is -0.752. The number of ether oxygens (including phenoxy) is 1. The maximum Gasteiger partial charge on any atom is 0.338 e. The quantitative estimate of drug-likeness (QED) is 0.622. The van der Waals surface area contributed by atoms with Gasteiger partial charge < -0.3 is 4.74 Å². The number of nitrogens with zero attached hydrogens (tertiary/aromatic N) is 2. The lowest BCUT2D eigenvalue weighted by Crippen LogP contribution is -2.28. The van der Waals surface area contributed by atoms with Crippen molar-refractivity contribution in [3.63, 3.8) is 0 Å². The van der Waals surface area contributed by atoms with E-state index in [2.05, 4.69) is 4.98 Å². The van der Waals surface area contributed by atoms with Crippen molar-refractivity contribution < 1.29 is 19.1 Å². The van der Waals surface area contributed by atoms with Crippen molar-refractivity contribution in [3.05, 3.63) is 65.5 Å². The summed E-state index contributed by atoms with van der Waals surface area (Å²) in [4.78, 5) is 40.6. The van der Waals surface area contributed by atoms with E-state index in [1.54, 1.807) is 42.6 Å². The van der Waals surface area contributed by atoms with Crippen LogP contribution in [0.25, 0.3) is 0 Å². The Morgan fingerprint density at radius 3 is 2.38 bits per heavy atom. The third-order valence-electron chi connectivity index (χ3n) is 3.76. The summed E-state index contributed by atoms with van der Waals surface area (Å²) in [6.45, 7) is 0.346. The first-order chi connectivity index (χ1) is 11.6. The number of carbonyl (C=O) groups is 3. The molecular weight excluding hydrogens is 308 g/mol. The van der Waals surface area contributed by atoms with E-state index in [-0.39, 0.29) is 37.8 Å². The molecule has 6 heteroatoms. The maximum absolute atomic E-state index is 12.0. The second kappa shape index (κ2) is 7.04.